The minimum Gasteiger partial charge on any atom is -0.400 e. The van der Waals surface area contributed by atoms with E-state index in [-0.39, 0.29) is 12.5 Å². The number of aliphatic hydroxyl groups is 1. The zero-order valence-corrected chi connectivity index (χ0v) is 14.0. The second-order valence-electron chi connectivity index (χ2n) is 7.11. The fourth-order valence-electron chi connectivity index (χ4n) is 2.74. The predicted molar refractivity (Wildman–Crippen MR) is 89.9 cm³/mol. The van der Waals surface area contributed by atoms with E-state index in [0.29, 0.717) is 11.9 Å². The monoisotopic (exact) mass is 315 g/mol. The number of aliphatic hydroxyl groups excluding tert-OH is 1. The average Bonchev–Trinajstić information content (AvgIpc) is 2.91. The highest BCUT2D eigenvalue weighted by Gasteiger charge is 2.52. The Balaban J connectivity index is 1.86. The molecule has 2 aliphatic heterocycles. The van der Waals surface area contributed by atoms with Crippen LogP contribution in [0.4, 0.5) is 5.69 Å². The van der Waals surface area contributed by atoms with Gasteiger partial charge in [-0.05, 0) is 56.4 Å². The number of carbonyl (C=O) groups excluding carboxylic acids is 1. The molecule has 6 heteroatoms. The van der Waals surface area contributed by atoms with Crippen molar-refractivity contribution in [3.8, 4) is 0 Å². The van der Waals surface area contributed by atoms with Crippen LogP contribution in [0.15, 0.2) is 23.7 Å². The third kappa shape index (κ3) is 2.94. The van der Waals surface area contributed by atoms with Crippen LogP contribution >= 0.6 is 0 Å². The number of amides is 1. The minimum absolute atomic E-state index is 0.00877. The molecule has 0 unspecified atom stereocenters. The molecule has 1 fully saturated rings. The highest BCUT2D eigenvalue weighted by molar-refractivity contribution is 6.55. The lowest BCUT2D eigenvalue weighted by Gasteiger charge is -2.32. The first kappa shape index (κ1) is 16.2. The Labute approximate surface area is 136 Å². The summed E-state index contributed by atoms with van der Waals surface area (Å²) in [5.74, 6) is 0.00877. The summed E-state index contributed by atoms with van der Waals surface area (Å²) < 4.78 is 12.0. The van der Waals surface area contributed by atoms with Crippen LogP contribution in [0.3, 0.4) is 0 Å². The largest absolute Gasteiger partial charge is 0.492 e. The van der Waals surface area contributed by atoms with Crippen LogP contribution in [0.2, 0.25) is 0 Å². The molecule has 0 atom stereocenters. The maximum Gasteiger partial charge on any atom is 0.492 e. The summed E-state index contributed by atoms with van der Waals surface area (Å²) in [6, 6.07) is 5.74. The Morgan fingerprint density at radius 3 is 2.57 bits per heavy atom. The molecule has 1 aromatic carbocycles. The van der Waals surface area contributed by atoms with Gasteiger partial charge in [-0.25, -0.2) is 0 Å². The van der Waals surface area contributed by atoms with Crippen molar-refractivity contribution in [2.45, 2.75) is 45.3 Å². The predicted octanol–water partition coefficient (Wildman–Crippen LogP) is 2.19. The van der Waals surface area contributed by atoms with E-state index < -0.39 is 18.3 Å². The van der Waals surface area contributed by atoms with Crippen molar-refractivity contribution in [3.05, 3.63) is 34.8 Å². The van der Waals surface area contributed by atoms with Crippen LogP contribution < -0.4 is 5.32 Å². The number of rotatable bonds is 3. The Bertz CT molecular complexity index is 665. The summed E-state index contributed by atoms with van der Waals surface area (Å²) in [6.07, 6.45) is 2.26. The van der Waals surface area contributed by atoms with E-state index in [4.69, 9.17) is 9.31 Å². The van der Waals surface area contributed by atoms with Crippen LogP contribution in [0, 0.1) is 0 Å². The van der Waals surface area contributed by atoms with Crippen LogP contribution in [0.1, 0.15) is 38.8 Å². The summed E-state index contributed by atoms with van der Waals surface area (Å²) in [4.78, 5) is 11.4. The molecule has 5 nitrogen and oxygen atoms in total. The van der Waals surface area contributed by atoms with Crippen molar-refractivity contribution in [3.63, 3.8) is 0 Å². The van der Waals surface area contributed by atoms with Gasteiger partial charge in [-0.1, -0.05) is 12.1 Å². The molecule has 1 amide bonds. The zero-order valence-electron chi connectivity index (χ0n) is 14.0. The second kappa shape index (κ2) is 5.48. The van der Waals surface area contributed by atoms with Crippen molar-refractivity contribution < 1.29 is 19.2 Å². The molecule has 3 rings (SSSR count). The summed E-state index contributed by atoms with van der Waals surface area (Å²) in [5.41, 5.74) is 2.52. The Morgan fingerprint density at radius 1 is 1.30 bits per heavy atom. The van der Waals surface area contributed by atoms with Gasteiger partial charge in [0, 0.05) is 5.69 Å². The van der Waals surface area contributed by atoms with Gasteiger partial charge in [-0.3, -0.25) is 4.79 Å². The number of fused-ring (bicyclic) bond motifs is 1. The van der Waals surface area contributed by atoms with Gasteiger partial charge in [0.05, 0.1) is 24.2 Å². The first-order chi connectivity index (χ1) is 10.7. The molecule has 1 saturated heterocycles. The SMILES string of the molecule is CC1(C)OB(C(=Cc2ccc3c(c2)CC(=O)N3)CO)OC1(C)C. The lowest BCUT2D eigenvalue weighted by atomic mass is 9.77. The standard InChI is InChI=1S/C17H22BNO4/c1-16(2)17(3,4)23-18(22-16)13(10-20)8-11-5-6-14-12(7-11)9-15(21)19-14/h5-8,20H,9-10H2,1-4H3,(H,19,21). The fraction of sp³-hybridized carbons (Fsp3) is 0.471. The van der Waals surface area contributed by atoms with Gasteiger partial charge in [0.1, 0.15) is 0 Å². The summed E-state index contributed by atoms with van der Waals surface area (Å²) in [5, 5.41) is 12.5. The van der Waals surface area contributed by atoms with E-state index in [1.807, 2.05) is 52.0 Å². The quantitative estimate of drug-likeness (QED) is 0.839. The zero-order chi connectivity index (χ0) is 16.8. The third-order valence-corrected chi connectivity index (χ3v) is 4.85. The highest BCUT2D eigenvalue weighted by atomic mass is 16.7. The molecular formula is C17H22BNO4. The number of hydrogen-bond donors (Lipinski definition) is 2. The van der Waals surface area contributed by atoms with Crippen LogP contribution in [0.5, 0.6) is 0 Å². The highest BCUT2D eigenvalue weighted by Crippen LogP contribution is 2.38. The van der Waals surface area contributed by atoms with Crippen molar-refractivity contribution in [1.29, 1.82) is 0 Å². The van der Waals surface area contributed by atoms with Crippen molar-refractivity contribution >= 4 is 24.8 Å². The van der Waals surface area contributed by atoms with E-state index in [1.165, 1.54) is 0 Å². The van der Waals surface area contributed by atoms with Gasteiger partial charge < -0.3 is 19.7 Å². The van der Waals surface area contributed by atoms with E-state index in [9.17, 15) is 9.90 Å². The number of anilines is 1. The van der Waals surface area contributed by atoms with E-state index in [2.05, 4.69) is 5.32 Å². The number of benzene rings is 1. The van der Waals surface area contributed by atoms with Crippen LogP contribution in [-0.4, -0.2) is 35.9 Å². The number of nitrogens with one attached hydrogen (secondary N) is 1. The molecule has 0 bridgehead atoms. The van der Waals surface area contributed by atoms with Crippen molar-refractivity contribution in [2.24, 2.45) is 0 Å². The topological polar surface area (TPSA) is 67.8 Å². The molecule has 1 aromatic rings. The number of carbonyl (C=O) groups is 1. The Hall–Kier alpha value is -1.63. The van der Waals surface area contributed by atoms with Crippen molar-refractivity contribution in [2.75, 3.05) is 11.9 Å². The normalized spacial score (nSPS) is 22.2. The molecule has 0 aliphatic carbocycles. The molecule has 2 aliphatic rings. The van der Waals surface area contributed by atoms with Gasteiger partial charge in [-0.15, -0.1) is 0 Å². The molecular weight excluding hydrogens is 293 g/mol. The second-order valence-corrected chi connectivity index (χ2v) is 7.11. The Kier molecular flexibility index (Phi) is 3.87. The lowest BCUT2D eigenvalue weighted by molar-refractivity contribution is -0.115. The molecule has 2 N–H and O–H groups in total. The lowest BCUT2D eigenvalue weighted by Crippen LogP contribution is -2.41. The van der Waals surface area contributed by atoms with E-state index in [1.54, 1.807) is 0 Å². The molecule has 23 heavy (non-hydrogen) atoms. The average molecular weight is 315 g/mol. The molecule has 0 aromatic heterocycles. The molecule has 122 valence electrons. The Morgan fingerprint density at radius 2 is 1.96 bits per heavy atom. The molecule has 2 heterocycles. The number of hydrogen-bond acceptors (Lipinski definition) is 4. The van der Waals surface area contributed by atoms with Gasteiger partial charge in [0.15, 0.2) is 0 Å². The van der Waals surface area contributed by atoms with Crippen LogP contribution in [-0.2, 0) is 20.5 Å². The van der Waals surface area contributed by atoms with Gasteiger partial charge in [0.25, 0.3) is 0 Å². The molecule has 0 saturated carbocycles. The summed E-state index contributed by atoms with van der Waals surface area (Å²) in [7, 11) is -0.571. The van der Waals surface area contributed by atoms with Crippen molar-refractivity contribution in [1.82, 2.24) is 0 Å². The first-order valence-electron chi connectivity index (χ1n) is 7.81. The third-order valence-electron chi connectivity index (χ3n) is 4.85. The van der Waals surface area contributed by atoms with E-state index >= 15 is 0 Å². The summed E-state index contributed by atoms with van der Waals surface area (Å²) in [6.45, 7) is 7.78. The molecule has 0 radical (unpaired) electrons. The van der Waals surface area contributed by atoms with E-state index in [0.717, 1.165) is 16.8 Å². The first-order valence-corrected chi connectivity index (χ1v) is 7.81. The molecule has 0 spiro atoms. The van der Waals surface area contributed by atoms with Crippen LogP contribution in [0.25, 0.3) is 6.08 Å². The van der Waals surface area contributed by atoms with Gasteiger partial charge in [0.2, 0.25) is 5.91 Å². The van der Waals surface area contributed by atoms with Gasteiger partial charge in [-0.2, -0.15) is 0 Å². The maximum absolute atomic E-state index is 11.4. The summed E-state index contributed by atoms with van der Waals surface area (Å²) >= 11 is 0. The minimum atomic E-state index is -0.571. The van der Waals surface area contributed by atoms with Gasteiger partial charge >= 0.3 is 7.12 Å². The smallest absolute Gasteiger partial charge is 0.400 e. The fourth-order valence-corrected chi connectivity index (χ4v) is 2.74. The maximum atomic E-state index is 11.4.